The highest BCUT2D eigenvalue weighted by molar-refractivity contribution is 6.43. The second kappa shape index (κ2) is 9.80. The van der Waals surface area contributed by atoms with Crippen molar-refractivity contribution >= 4 is 22.8 Å². The quantitative estimate of drug-likeness (QED) is 0.394. The lowest BCUT2D eigenvalue weighted by Crippen LogP contribution is -2.14. The summed E-state index contributed by atoms with van der Waals surface area (Å²) in [4.78, 5) is 10.1. The van der Waals surface area contributed by atoms with Crippen LogP contribution in [-0.4, -0.2) is 11.4 Å². The van der Waals surface area contributed by atoms with Crippen molar-refractivity contribution in [2.24, 2.45) is 9.98 Å². The fraction of sp³-hybridized carbons (Fsp3) is 0.231. The molecule has 28 heavy (non-hydrogen) atoms. The summed E-state index contributed by atoms with van der Waals surface area (Å²) < 4.78 is 0. The van der Waals surface area contributed by atoms with Gasteiger partial charge in [0.15, 0.2) is 0 Å². The molecule has 0 unspecified atom stereocenters. The van der Waals surface area contributed by atoms with Crippen molar-refractivity contribution in [2.45, 2.75) is 40.0 Å². The van der Waals surface area contributed by atoms with Gasteiger partial charge in [-0.2, -0.15) is 0 Å². The molecule has 0 aliphatic heterocycles. The van der Waals surface area contributed by atoms with Crippen LogP contribution in [0.1, 0.15) is 36.5 Å². The Bertz CT molecular complexity index is 968. The van der Waals surface area contributed by atoms with E-state index in [1.165, 1.54) is 16.7 Å². The lowest BCUT2D eigenvalue weighted by molar-refractivity contribution is 1.04. The molecule has 142 valence electrons. The molecule has 0 saturated heterocycles. The highest BCUT2D eigenvalue weighted by Gasteiger charge is 2.10. The maximum absolute atomic E-state index is 5.06. The van der Waals surface area contributed by atoms with Crippen molar-refractivity contribution in [1.82, 2.24) is 0 Å². The van der Waals surface area contributed by atoms with E-state index in [0.29, 0.717) is 0 Å². The van der Waals surface area contributed by atoms with E-state index in [4.69, 9.17) is 9.98 Å². The molecule has 0 aliphatic carbocycles. The van der Waals surface area contributed by atoms with Crippen LogP contribution < -0.4 is 0 Å². The summed E-state index contributed by atoms with van der Waals surface area (Å²) in [6.45, 7) is 6.37. The third kappa shape index (κ3) is 5.26. The van der Waals surface area contributed by atoms with E-state index in [0.717, 1.165) is 42.1 Å². The van der Waals surface area contributed by atoms with Crippen LogP contribution in [0, 0.1) is 13.8 Å². The highest BCUT2D eigenvalue weighted by atomic mass is 14.8. The number of nitrogens with zero attached hydrogens (tertiary/aromatic N) is 2. The van der Waals surface area contributed by atoms with Gasteiger partial charge in [0.25, 0.3) is 0 Å². The Hall–Kier alpha value is -3.00. The van der Waals surface area contributed by atoms with E-state index in [9.17, 15) is 0 Å². The molecule has 0 amide bonds. The van der Waals surface area contributed by atoms with Crippen LogP contribution in [0.15, 0.2) is 88.8 Å². The number of rotatable bonds is 7. The first-order valence-electron chi connectivity index (χ1n) is 9.98. The van der Waals surface area contributed by atoms with Gasteiger partial charge in [0.1, 0.15) is 0 Å². The molecule has 3 aromatic carbocycles. The molecule has 3 rings (SSSR count). The molecule has 0 N–H and O–H groups in total. The standard InChI is InChI=1S/C26H28N2/c1-4-23(27-24-16-10-8-12-20(24)2)26(19-18-22-14-6-5-7-15-22)28-25-17-11-9-13-21(25)3/h5-17H,4,18-19H2,1-3H3. The third-order valence-corrected chi connectivity index (χ3v) is 4.90. The van der Waals surface area contributed by atoms with Gasteiger partial charge in [-0.25, -0.2) is 0 Å². The summed E-state index contributed by atoms with van der Waals surface area (Å²) in [5, 5.41) is 0. The Morgan fingerprint density at radius 2 is 1.14 bits per heavy atom. The van der Waals surface area contributed by atoms with Gasteiger partial charge in [0.05, 0.1) is 22.8 Å². The SMILES string of the molecule is CCC(=Nc1ccccc1C)C(CCc1ccccc1)=Nc1ccccc1C. The number of aliphatic imine (C=N–C) groups is 2. The van der Waals surface area contributed by atoms with Gasteiger partial charge in [-0.3, -0.25) is 9.98 Å². The molecule has 0 fully saturated rings. The Labute approximate surface area is 168 Å². The number of para-hydroxylation sites is 2. The van der Waals surface area contributed by atoms with Crippen molar-refractivity contribution in [2.75, 3.05) is 0 Å². The zero-order valence-electron chi connectivity index (χ0n) is 17.0. The molecule has 0 aromatic heterocycles. The van der Waals surface area contributed by atoms with Crippen molar-refractivity contribution in [3.63, 3.8) is 0 Å². The maximum Gasteiger partial charge on any atom is 0.0662 e. The van der Waals surface area contributed by atoms with E-state index in [1.807, 2.05) is 12.1 Å². The monoisotopic (exact) mass is 368 g/mol. The van der Waals surface area contributed by atoms with Crippen molar-refractivity contribution < 1.29 is 0 Å². The molecule has 3 aromatic rings. The Balaban J connectivity index is 1.98. The van der Waals surface area contributed by atoms with Gasteiger partial charge < -0.3 is 0 Å². The van der Waals surface area contributed by atoms with Crippen molar-refractivity contribution in [3.8, 4) is 0 Å². The molecule has 0 radical (unpaired) electrons. The van der Waals surface area contributed by atoms with Gasteiger partial charge in [0.2, 0.25) is 0 Å². The lowest BCUT2D eigenvalue weighted by Gasteiger charge is -2.11. The highest BCUT2D eigenvalue weighted by Crippen LogP contribution is 2.22. The van der Waals surface area contributed by atoms with Crippen molar-refractivity contribution in [3.05, 3.63) is 95.6 Å². The van der Waals surface area contributed by atoms with Crippen LogP contribution in [-0.2, 0) is 6.42 Å². The number of hydrogen-bond acceptors (Lipinski definition) is 2. The second-order valence-electron chi connectivity index (χ2n) is 7.03. The van der Waals surface area contributed by atoms with E-state index in [-0.39, 0.29) is 0 Å². The molecular formula is C26H28N2. The van der Waals surface area contributed by atoms with Gasteiger partial charge in [-0.15, -0.1) is 0 Å². The van der Waals surface area contributed by atoms with E-state index >= 15 is 0 Å². The summed E-state index contributed by atoms with van der Waals surface area (Å²) in [6.07, 6.45) is 2.68. The number of benzene rings is 3. The first-order valence-corrected chi connectivity index (χ1v) is 9.98. The molecule has 0 saturated carbocycles. The fourth-order valence-corrected chi connectivity index (χ4v) is 3.19. The zero-order valence-corrected chi connectivity index (χ0v) is 17.0. The minimum absolute atomic E-state index is 0.855. The van der Waals surface area contributed by atoms with E-state index in [1.54, 1.807) is 0 Å². The summed E-state index contributed by atoms with van der Waals surface area (Å²) in [5.74, 6) is 0. The maximum atomic E-state index is 5.06. The van der Waals surface area contributed by atoms with Crippen LogP contribution in [0.4, 0.5) is 11.4 Å². The zero-order chi connectivity index (χ0) is 19.8. The molecule has 0 bridgehead atoms. The predicted molar refractivity (Wildman–Crippen MR) is 122 cm³/mol. The van der Waals surface area contributed by atoms with E-state index < -0.39 is 0 Å². The third-order valence-electron chi connectivity index (χ3n) is 4.90. The molecule has 0 heterocycles. The molecule has 2 nitrogen and oxygen atoms in total. The molecule has 0 aliphatic rings. The van der Waals surface area contributed by atoms with Gasteiger partial charge >= 0.3 is 0 Å². The lowest BCUT2D eigenvalue weighted by atomic mass is 10.0. The fourth-order valence-electron chi connectivity index (χ4n) is 3.19. The first-order chi connectivity index (χ1) is 13.7. The van der Waals surface area contributed by atoms with Gasteiger partial charge in [0, 0.05) is 0 Å². The number of aryl methyl sites for hydroxylation is 3. The van der Waals surface area contributed by atoms with Gasteiger partial charge in [-0.05, 0) is 61.9 Å². The van der Waals surface area contributed by atoms with Crippen LogP contribution >= 0.6 is 0 Å². The Kier molecular flexibility index (Phi) is 6.91. The topological polar surface area (TPSA) is 24.7 Å². The minimum Gasteiger partial charge on any atom is -0.251 e. The first kappa shape index (κ1) is 19.8. The molecule has 2 heteroatoms. The normalized spacial score (nSPS) is 12.2. The summed E-state index contributed by atoms with van der Waals surface area (Å²) in [5.41, 5.74) is 7.88. The smallest absolute Gasteiger partial charge is 0.0662 e. The van der Waals surface area contributed by atoms with Crippen LogP contribution in [0.3, 0.4) is 0 Å². The average Bonchev–Trinajstić information content (AvgIpc) is 2.73. The molecular weight excluding hydrogens is 340 g/mol. The number of hydrogen-bond donors (Lipinski definition) is 0. The predicted octanol–water partition coefficient (Wildman–Crippen LogP) is 7.19. The molecule has 0 spiro atoms. The van der Waals surface area contributed by atoms with Gasteiger partial charge in [-0.1, -0.05) is 73.7 Å². The largest absolute Gasteiger partial charge is 0.251 e. The summed E-state index contributed by atoms with van der Waals surface area (Å²) >= 11 is 0. The van der Waals surface area contributed by atoms with Crippen LogP contribution in [0.5, 0.6) is 0 Å². The Morgan fingerprint density at radius 1 is 0.643 bits per heavy atom. The van der Waals surface area contributed by atoms with Crippen molar-refractivity contribution in [1.29, 1.82) is 0 Å². The summed E-state index contributed by atoms with van der Waals surface area (Å²) in [6, 6.07) is 27.2. The summed E-state index contributed by atoms with van der Waals surface area (Å²) in [7, 11) is 0. The van der Waals surface area contributed by atoms with Crippen LogP contribution in [0.25, 0.3) is 0 Å². The molecule has 0 atom stereocenters. The van der Waals surface area contributed by atoms with E-state index in [2.05, 4.69) is 87.5 Å². The van der Waals surface area contributed by atoms with Crippen LogP contribution in [0.2, 0.25) is 0 Å². The minimum atomic E-state index is 0.855. The average molecular weight is 369 g/mol. The Morgan fingerprint density at radius 3 is 1.68 bits per heavy atom. The second-order valence-corrected chi connectivity index (χ2v) is 7.03.